The summed E-state index contributed by atoms with van der Waals surface area (Å²) in [5.74, 6) is -0.351. The number of hydrogen-bond acceptors (Lipinski definition) is 4. The maximum absolute atomic E-state index is 12.3. The molecule has 126 valence electrons. The number of hydrogen-bond donors (Lipinski definition) is 5. The largest absolute Gasteiger partial charge is 0.504 e. The Morgan fingerprint density at radius 2 is 1.50 bits per heavy atom. The molecule has 5 N–H and O–H groups in total. The molecule has 8 heteroatoms. The summed E-state index contributed by atoms with van der Waals surface area (Å²) in [7, 11) is 1.44. The van der Waals surface area contributed by atoms with E-state index in [4.69, 9.17) is 4.74 Å². The van der Waals surface area contributed by atoms with Gasteiger partial charge in [0.15, 0.2) is 11.5 Å². The summed E-state index contributed by atoms with van der Waals surface area (Å²) in [6, 6.07) is 4.77. The Labute approximate surface area is 136 Å². The highest BCUT2D eigenvalue weighted by Crippen LogP contribution is 2.35. The molecule has 0 spiro atoms. The van der Waals surface area contributed by atoms with Gasteiger partial charge in [0.25, 0.3) is 11.1 Å². The maximum atomic E-state index is 12.3. The van der Waals surface area contributed by atoms with Crippen molar-refractivity contribution in [3.63, 3.8) is 0 Å². The van der Waals surface area contributed by atoms with Crippen LogP contribution in [0.25, 0.3) is 0 Å². The molecule has 0 radical (unpaired) electrons. The van der Waals surface area contributed by atoms with E-state index in [0.717, 1.165) is 0 Å². The molecule has 0 unspecified atom stereocenters. The van der Waals surface area contributed by atoms with E-state index in [9.17, 15) is 14.7 Å². The number of benzene rings is 1. The van der Waals surface area contributed by atoms with Crippen molar-refractivity contribution >= 4 is 0 Å². The minimum absolute atomic E-state index is 0.0144. The molecule has 0 saturated heterocycles. The normalized spacial score (nSPS) is 11.2. The first-order valence-corrected chi connectivity index (χ1v) is 7.35. The summed E-state index contributed by atoms with van der Waals surface area (Å²) < 4.78 is 5.15. The van der Waals surface area contributed by atoms with Crippen molar-refractivity contribution < 1.29 is 9.84 Å². The first-order chi connectivity index (χ1) is 11.4. The molecule has 3 aromatic rings. The van der Waals surface area contributed by atoms with Gasteiger partial charge in [-0.15, -0.1) is 0 Å². The molecule has 8 nitrogen and oxygen atoms in total. The number of aryl methyl sites for hydroxylation is 2. The second-order valence-corrected chi connectivity index (χ2v) is 5.60. The van der Waals surface area contributed by atoms with E-state index in [2.05, 4.69) is 20.4 Å². The second kappa shape index (κ2) is 5.80. The first kappa shape index (κ1) is 15.7. The fourth-order valence-electron chi connectivity index (χ4n) is 2.96. The van der Waals surface area contributed by atoms with E-state index in [1.807, 2.05) is 0 Å². The monoisotopic (exact) mass is 330 g/mol. The molecular formula is C16H18N4O4. The van der Waals surface area contributed by atoms with Gasteiger partial charge < -0.3 is 20.0 Å². The predicted octanol–water partition coefficient (Wildman–Crippen LogP) is 1.23. The zero-order chi connectivity index (χ0) is 17.4. The lowest BCUT2D eigenvalue weighted by Gasteiger charge is -2.17. The van der Waals surface area contributed by atoms with Gasteiger partial charge in [-0.25, -0.2) is 0 Å². The number of rotatable bonds is 4. The van der Waals surface area contributed by atoms with Crippen LogP contribution in [0.4, 0.5) is 0 Å². The second-order valence-electron chi connectivity index (χ2n) is 5.60. The molecule has 0 fully saturated rings. The topological polar surface area (TPSA) is 127 Å². The summed E-state index contributed by atoms with van der Waals surface area (Å²) >= 11 is 0. The Kier molecular flexibility index (Phi) is 3.80. The van der Waals surface area contributed by atoms with Gasteiger partial charge in [0.1, 0.15) is 0 Å². The first-order valence-electron chi connectivity index (χ1n) is 7.35. The van der Waals surface area contributed by atoms with E-state index in [1.54, 1.807) is 26.0 Å². The third kappa shape index (κ3) is 2.41. The molecule has 0 aliphatic rings. The predicted molar refractivity (Wildman–Crippen MR) is 87.9 cm³/mol. The summed E-state index contributed by atoms with van der Waals surface area (Å²) in [4.78, 5) is 24.6. The van der Waals surface area contributed by atoms with E-state index in [1.165, 1.54) is 13.2 Å². The molecule has 3 rings (SSSR count). The Bertz CT molecular complexity index is 938. The lowest BCUT2D eigenvalue weighted by Crippen LogP contribution is -2.20. The van der Waals surface area contributed by atoms with Crippen LogP contribution in [0.15, 0.2) is 27.8 Å². The molecule has 2 heterocycles. The molecule has 0 aliphatic heterocycles. The number of aromatic nitrogens is 4. The smallest absolute Gasteiger partial charge is 0.268 e. The summed E-state index contributed by atoms with van der Waals surface area (Å²) in [5, 5.41) is 20.5. The van der Waals surface area contributed by atoms with Crippen molar-refractivity contribution in [3.05, 3.63) is 67.0 Å². The summed E-state index contributed by atoms with van der Waals surface area (Å²) in [5.41, 5.74) is 2.21. The number of ether oxygens (including phenoxy) is 1. The van der Waals surface area contributed by atoms with E-state index >= 15 is 0 Å². The Balaban J connectivity index is 2.32. The SMILES string of the molecule is COc1cc(C(c2c(C)[nH][nH]c2=O)c2c(C)[nH][nH]c2=O)ccc1O. The number of phenols is 1. The van der Waals surface area contributed by atoms with Gasteiger partial charge in [-0.05, 0) is 31.5 Å². The highest BCUT2D eigenvalue weighted by Gasteiger charge is 2.28. The Morgan fingerprint density at radius 3 is 1.92 bits per heavy atom. The summed E-state index contributed by atoms with van der Waals surface area (Å²) in [6.07, 6.45) is 0. The Morgan fingerprint density at radius 1 is 0.958 bits per heavy atom. The van der Waals surface area contributed by atoms with Crippen LogP contribution in [0.5, 0.6) is 11.5 Å². The van der Waals surface area contributed by atoms with Gasteiger partial charge in [0, 0.05) is 17.3 Å². The van der Waals surface area contributed by atoms with E-state index in [0.29, 0.717) is 28.1 Å². The van der Waals surface area contributed by atoms with Gasteiger partial charge in [0.05, 0.1) is 18.2 Å². The van der Waals surface area contributed by atoms with Crippen LogP contribution in [0, 0.1) is 13.8 Å². The van der Waals surface area contributed by atoms with Crippen molar-refractivity contribution in [2.24, 2.45) is 0 Å². The molecule has 0 aliphatic carbocycles. The fourth-order valence-corrected chi connectivity index (χ4v) is 2.96. The van der Waals surface area contributed by atoms with Crippen LogP contribution in [0.2, 0.25) is 0 Å². The third-order valence-corrected chi connectivity index (χ3v) is 4.14. The highest BCUT2D eigenvalue weighted by atomic mass is 16.5. The van der Waals surface area contributed by atoms with E-state index < -0.39 is 5.92 Å². The zero-order valence-electron chi connectivity index (χ0n) is 13.5. The van der Waals surface area contributed by atoms with Gasteiger partial charge >= 0.3 is 0 Å². The van der Waals surface area contributed by atoms with Crippen molar-refractivity contribution in [3.8, 4) is 11.5 Å². The van der Waals surface area contributed by atoms with E-state index in [-0.39, 0.29) is 22.6 Å². The zero-order valence-corrected chi connectivity index (χ0v) is 13.5. The van der Waals surface area contributed by atoms with Crippen LogP contribution in [0.1, 0.15) is 34.0 Å². The van der Waals surface area contributed by atoms with Crippen molar-refractivity contribution in [1.82, 2.24) is 20.4 Å². The number of aromatic hydroxyl groups is 1. The molecule has 2 aromatic heterocycles. The molecule has 24 heavy (non-hydrogen) atoms. The van der Waals surface area contributed by atoms with Crippen LogP contribution in [-0.4, -0.2) is 32.6 Å². The lowest BCUT2D eigenvalue weighted by molar-refractivity contribution is 0.373. The minimum Gasteiger partial charge on any atom is -0.504 e. The van der Waals surface area contributed by atoms with Crippen molar-refractivity contribution in [1.29, 1.82) is 0 Å². The highest BCUT2D eigenvalue weighted by molar-refractivity contribution is 5.50. The van der Waals surface area contributed by atoms with Crippen LogP contribution in [-0.2, 0) is 0 Å². The van der Waals surface area contributed by atoms with Crippen LogP contribution < -0.4 is 15.9 Å². The molecule has 0 bridgehead atoms. The fraction of sp³-hybridized carbons (Fsp3) is 0.250. The minimum atomic E-state index is -0.607. The average molecular weight is 330 g/mol. The summed E-state index contributed by atoms with van der Waals surface area (Å²) in [6.45, 7) is 3.52. The third-order valence-electron chi connectivity index (χ3n) is 4.14. The molecule has 0 saturated carbocycles. The molecule has 1 aromatic carbocycles. The number of H-pyrrole nitrogens is 4. The number of aromatic amines is 4. The van der Waals surface area contributed by atoms with Crippen molar-refractivity contribution in [2.45, 2.75) is 19.8 Å². The molecular weight excluding hydrogens is 312 g/mol. The van der Waals surface area contributed by atoms with Gasteiger partial charge in [-0.2, -0.15) is 0 Å². The maximum Gasteiger partial charge on any atom is 0.268 e. The van der Waals surface area contributed by atoms with Gasteiger partial charge in [0.2, 0.25) is 0 Å². The van der Waals surface area contributed by atoms with Crippen LogP contribution in [0.3, 0.4) is 0 Å². The number of phenolic OH excluding ortho intramolecular Hbond substituents is 1. The van der Waals surface area contributed by atoms with Gasteiger partial charge in [-0.3, -0.25) is 19.8 Å². The van der Waals surface area contributed by atoms with Gasteiger partial charge in [-0.1, -0.05) is 6.07 Å². The number of methoxy groups -OCH3 is 1. The Hall–Kier alpha value is -3.16. The molecule has 0 amide bonds. The number of nitrogens with one attached hydrogen (secondary N) is 4. The van der Waals surface area contributed by atoms with Crippen molar-refractivity contribution in [2.75, 3.05) is 7.11 Å². The lowest BCUT2D eigenvalue weighted by atomic mass is 9.85. The standard InChI is InChI=1S/C16H18N4O4/c1-7-12(15(22)19-17-7)14(13-8(2)18-20-16(13)23)9-4-5-10(21)11(6-9)24-3/h4-6,14,21H,1-3H3,(H2,17,19,22)(H2,18,20,23). The average Bonchev–Trinajstić information content (AvgIpc) is 3.06. The van der Waals surface area contributed by atoms with Crippen LogP contribution >= 0.6 is 0 Å². The quantitative estimate of drug-likeness (QED) is 0.493. The molecule has 0 atom stereocenters.